The molecule has 0 radical (unpaired) electrons. The van der Waals surface area contributed by atoms with Crippen LogP contribution in [0.2, 0.25) is 0 Å². The summed E-state index contributed by atoms with van der Waals surface area (Å²) in [5.41, 5.74) is 0.559. The van der Waals surface area contributed by atoms with Crippen LogP contribution in [0.5, 0.6) is 0 Å². The second-order valence-electron chi connectivity index (χ2n) is 4.44. The maximum atomic E-state index is 12.1. The lowest BCUT2D eigenvalue weighted by Gasteiger charge is -2.27. The normalized spacial score (nSPS) is 13.7. The highest BCUT2D eigenvalue weighted by Gasteiger charge is 2.35. The van der Waals surface area contributed by atoms with Crippen LogP contribution in [0.3, 0.4) is 0 Å². The van der Waals surface area contributed by atoms with Gasteiger partial charge in [0.05, 0.1) is 12.0 Å². The van der Waals surface area contributed by atoms with Crippen LogP contribution >= 0.6 is 0 Å². The van der Waals surface area contributed by atoms with Crippen LogP contribution in [-0.4, -0.2) is 12.6 Å². The van der Waals surface area contributed by atoms with Crippen LogP contribution in [0, 0.1) is 4.91 Å². The quantitative estimate of drug-likeness (QED) is 0.570. The van der Waals surface area contributed by atoms with Crippen LogP contribution < -0.4 is 0 Å². The third-order valence-electron chi connectivity index (χ3n) is 3.09. The summed E-state index contributed by atoms with van der Waals surface area (Å²) in [5.74, 6) is -0.223. The molecule has 0 bridgehead atoms. The highest BCUT2D eigenvalue weighted by molar-refractivity contribution is 5.82. The zero-order chi connectivity index (χ0) is 13.6. The van der Waals surface area contributed by atoms with Crippen LogP contribution in [0.1, 0.15) is 39.2 Å². The Balaban J connectivity index is 3.08. The number of ether oxygens (including phenoxy) is 1. The van der Waals surface area contributed by atoms with Crippen LogP contribution in [0.4, 0.5) is 5.69 Å². The van der Waals surface area contributed by atoms with Crippen molar-refractivity contribution in [2.24, 2.45) is 5.18 Å². The Hall–Kier alpha value is -1.71. The molecule has 0 spiro atoms. The Labute approximate surface area is 107 Å². The van der Waals surface area contributed by atoms with Crippen LogP contribution in [0.25, 0.3) is 0 Å². The average Bonchev–Trinajstić information content (AvgIpc) is 2.39. The summed E-state index contributed by atoms with van der Waals surface area (Å²) < 4.78 is 5.15. The van der Waals surface area contributed by atoms with Gasteiger partial charge in [-0.1, -0.05) is 25.5 Å². The third kappa shape index (κ3) is 2.94. The van der Waals surface area contributed by atoms with Gasteiger partial charge in [-0.3, -0.25) is 4.79 Å². The van der Waals surface area contributed by atoms with Crippen molar-refractivity contribution >= 4 is 11.7 Å². The molecule has 0 saturated heterocycles. The van der Waals surface area contributed by atoms with E-state index in [1.54, 1.807) is 31.2 Å². The molecule has 0 aromatic heterocycles. The van der Waals surface area contributed by atoms with Crippen molar-refractivity contribution in [3.8, 4) is 0 Å². The summed E-state index contributed by atoms with van der Waals surface area (Å²) in [6.07, 6.45) is 1.59. The van der Waals surface area contributed by atoms with E-state index >= 15 is 0 Å². The van der Waals surface area contributed by atoms with Gasteiger partial charge in [-0.05, 0) is 43.1 Å². The van der Waals surface area contributed by atoms with Crippen molar-refractivity contribution in [1.82, 2.24) is 0 Å². The minimum atomic E-state index is -0.661. The van der Waals surface area contributed by atoms with Gasteiger partial charge >= 0.3 is 5.97 Å². The first-order valence-corrected chi connectivity index (χ1v) is 6.19. The molecule has 0 N–H and O–H groups in total. The average molecular weight is 249 g/mol. The highest BCUT2D eigenvalue weighted by Crippen LogP contribution is 2.31. The SMILES string of the molecule is CCCC(C)(C(=O)OCC)c1ccc(N=O)cc1. The third-order valence-corrected chi connectivity index (χ3v) is 3.09. The van der Waals surface area contributed by atoms with Crippen molar-refractivity contribution in [2.45, 2.75) is 39.0 Å². The number of carbonyl (C=O) groups excluding carboxylic acids is 1. The van der Waals surface area contributed by atoms with Gasteiger partial charge in [0.25, 0.3) is 0 Å². The van der Waals surface area contributed by atoms with Gasteiger partial charge in [0.2, 0.25) is 0 Å². The summed E-state index contributed by atoms with van der Waals surface area (Å²) in [4.78, 5) is 22.5. The summed E-state index contributed by atoms with van der Waals surface area (Å²) >= 11 is 0. The van der Waals surface area contributed by atoms with E-state index in [1.165, 1.54) is 0 Å². The lowest BCUT2D eigenvalue weighted by atomic mass is 9.78. The predicted molar refractivity (Wildman–Crippen MR) is 70.8 cm³/mol. The van der Waals surface area contributed by atoms with E-state index in [2.05, 4.69) is 5.18 Å². The van der Waals surface area contributed by atoms with Crippen molar-refractivity contribution in [3.05, 3.63) is 34.7 Å². The molecule has 98 valence electrons. The summed E-state index contributed by atoms with van der Waals surface area (Å²) in [6.45, 7) is 6.06. The molecular formula is C14H19NO3. The van der Waals surface area contributed by atoms with Gasteiger partial charge in [0, 0.05) is 0 Å². The molecule has 0 fully saturated rings. The number of nitrogens with zero attached hydrogens (tertiary/aromatic N) is 1. The molecule has 1 unspecified atom stereocenters. The van der Waals surface area contributed by atoms with Crippen molar-refractivity contribution < 1.29 is 9.53 Å². The fraction of sp³-hybridized carbons (Fsp3) is 0.500. The molecule has 4 heteroatoms. The predicted octanol–water partition coefficient (Wildman–Crippen LogP) is 3.71. The van der Waals surface area contributed by atoms with Crippen LogP contribution in [-0.2, 0) is 14.9 Å². The van der Waals surface area contributed by atoms with Gasteiger partial charge in [-0.25, -0.2) is 0 Å². The van der Waals surface area contributed by atoms with Crippen molar-refractivity contribution in [1.29, 1.82) is 0 Å². The number of hydrogen-bond acceptors (Lipinski definition) is 4. The van der Waals surface area contributed by atoms with E-state index in [0.717, 1.165) is 12.0 Å². The van der Waals surface area contributed by atoms with Gasteiger partial charge in [-0.2, -0.15) is 0 Å². The fourth-order valence-corrected chi connectivity index (χ4v) is 2.04. The highest BCUT2D eigenvalue weighted by atomic mass is 16.5. The molecule has 18 heavy (non-hydrogen) atoms. The second kappa shape index (κ2) is 6.28. The Morgan fingerprint density at radius 1 is 1.28 bits per heavy atom. The maximum Gasteiger partial charge on any atom is 0.316 e. The monoisotopic (exact) mass is 249 g/mol. The number of benzene rings is 1. The Morgan fingerprint density at radius 2 is 1.89 bits per heavy atom. The first-order chi connectivity index (χ1) is 8.58. The molecule has 1 aromatic carbocycles. The standard InChI is InChI=1S/C14H19NO3/c1-4-10-14(3,13(16)18-5-2)11-6-8-12(15-17)9-7-11/h6-9H,4-5,10H2,1-3H3. The molecule has 0 aliphatic carbocycles. The lowest BCUT2D eigenvalue weighted by Crippen LogP contribution is -2.34. The number of esters is 1. The summed E-state index contributed by atoms with van der Waals surface area (Å²) in [7, 11) is 0. The number of hydrogen-bond donors (Lipinski definition) is 0. The van der Waals surface area contributed by atoms with Gasteiger partial charge in [0.15, 0.2) is 0 Å². The second-order valence-corrected chi connectivity index (χ2v) is 4.44. The van der Waals surface area contributed by atoms with E-state index in [9.17, 15) is 9.70 Å². The smallest absolute Gasteiger partial charge is 0.316 e. The molecule has 1 atom stereocenters. The van der Waals surface area contributed by atoms with Gasteiger partial charge in [-0.15, -0.1) is 4.91 Å². The van der Waals surface area contributed by atoms with E-state index in [0.29, 0.717) is 18.7 Å². The van der Waals surface area contributed by atoms with E-state index in [4.69, 9.17) is 4.74 Å². The molecule has 0 aliphatic rings. The number of rotatable bonds is 6. The van der Waals surface area contributed by atoms with Gasteiger partial charge < -0.3 is 4.74 Å². The molecule has 1 rings (SSSR count). The Morgan fingerprint density at radius 3 is 2.33 bits per heavy atom. The molecule has 0 aliphatic heterocycles. The fourth-order valence-electron chi connectivity index (χ4n) is 2.04. The van der Waals surface area contributed by atoms with E-state index < -0.39 is 5.41 Å². The zero-order valence-electron chi connectivity index (χ0n) is 11.1. The zero-order valence-corrected chi connectivity index (χ0v) is 11.1. The first-order valence-electron chi connectivity index (χ1n) is 6.19. The molecular weight excluding hydrogens is 230 g/mol. The topological polar surface area (TPSA) is 55.7 Å². The number of carbonyl (C=O) groups is 1. The first kappa shape index (κ1) is 14.4. The molecule has 0 saturated carbocycles. The molecule has 1 aromatic rings. The van der Waals surface area contributed by atoms with E-state index in [-0.39, 0.29) is 5.97 Å². The summed E-state index contributed by atoms with van der Waals surface area (Å²) in [6, 6.07) is 6.78. The number of nitroso groups, excluding NO2 is 1. The minimum absolute atomic E-state index is 0.223. The Kier molecular flexibility index (Phi) is 5.01. The summed E-state index contributed by atoms with van der Waals surface area (Å²) in [5, 5.41) is 2.85. The molecule has 0 heterocycles. The largest absolute Gasteiger partial charge is 0.465 e. The van der Waals surface area contributed by atoms with Crippen molar-refractivity contribution in [3.63, 3.8) is 0 Å². The molecule has 0 amide bonds. The van der Waals surface area contributed by atoms with Gasteiger partial charge in [0.1, 0.15) is 5.69 Å². The van der Waals surface area contributed by atoms with Crippen molar-refractivity contribution in [2.75, 3.05) is 6.61 Å². The minimum Gasteiger partial charge on any atom is -0.465 e. The Bertz CT molecular complexity index is 414. The maximum absolute atomic E-state index is 12.1. The lowest BCUT2D eigenvalue weighted by molar-refractivity contribution is -0.149. The molecule has 4 nitrogen and oxygen atoms in total. The van der Waals surface area contributed by atoms with E-state index in [1.807, 2.05) is 13.8 Å². The van der Waals surface area contributed by atoms with Crippen LogP contribution in [0.15, 0.2) is 29.4 Å².